The fourth-order valence-electron chi connectivity index (χ4n) is 4.47. The van der Waals surface area contributed by atoms with Crippen molar-refractivity contribution in [3.05, 3.63) is 72.7 Å². The van der Waals surface area contributed by atoms with Gasteiger partial charge < -0.3 is 14.6 Å². The van der Waals surface area contributed by atoms with E-state index < -0.39 is 33.7 Å². The zero-order valence-electron chi connectivity index (χ0n) is 19.5. The number of nitrogens with one attached hydrogen (secondary N) is 1. The van der Waals surface area contributed by atoms with Crippen molar-refractivity contribution >= 4 is 26.6 Å². The summed E-state index contributed by atoms with van der Waals surface area (Å²) in [6.45, 7) is -1.34. The number of sulfone groups is 1. The Bertz CT molecular complexity index is 1610. The van der Waals surface area contributed by atoms with Gasteiger partial charge in [-0.3, -0.25) is 14.8 Å². The highest BCUT2D eigenvalue weighted by molar-refractivity contribution is 7.91. The van der Waals surface area contributed by atoms with Gasteiger partial charge >= 0.3 is 6.61 Å². The molecule has 37 heavy (non-hydrogen) atoms. The maximum atomic E-state index is 13.6. The molecule has 0 unspecified atom stereocenters. The molecule has 0 radical (unpaired) electrons. The lowest BCUT2D eigenvalue weighted by Crippen LogP contribution is -2.47. The minimum Gasteiger partial charge on any atom is -0.433 e. The van der Waals surface area contributed by atoms with Gasteiger partial charge in [0.05, 0.1) is 28.8 Å². The number of hydrogen-bond acceptors (Lipinski definition) is 6. The number of amides is 1. The van der Waals surface area contributed by atoms with Crippen LogP contribution in [0.1, 0.15) is 23.8 Å². The van der Waals surface area contributed by atoms with Crippen LogP contribution in [0, 0.1) is 5.82 Å². The average Bonchev–Trinajstić information content (AvgIpc) is 3.35. The van der Waals surface area contributed by atoms with Crippen LogP contribution in [0.4, 0.5) is 13.2 Å². The number of carbonyl (C=O) groups excluding carboxylic acids is 1. The van der Waals surface area contributed by atoms with Gasteiger partial charge in [-0.1, -0.05) is 0 Å². The number of rotatable bonds is 6. The van der Waals surface area contributed by atoms with Gasteiger partial charge in [0, 0.05) is 40.8 Å². The van der Waals surface area contributed by atoms with E-state index in [0.717, 1.165) is 0 Å². The summed E-state index contributed by atoms with van der Waals surface area (Å²) in [6.07, 6.45) is 6.11. The first-order chi connectivity index (χ1) is 17.5. The first-order valence-corrected chi connectivity index (χ1v) is 13.0. The number of carbonyl (C=O) groups is 1. The van der Waals surface area contributed by atoms with Crippen LogP contribution in [-0.4, -0.2) is 52.5 Å². The van der Waals surface area contributed by atoms with E-state index in [2.05, 4.69) is 20.0 Å². The summed E-state index contributed by atoms with van der Waals surface area (Å²) in [7, 11) is -3.23. The van der Waals surface area contributed by atoms with Crippen molar-refractivity contribution in [1.29, 1.82) is 0 Å². The number of pyridine rings is 2. The van der Waals surface area contributed by atoms with E-state index in [1.165, 1.54) is 42.9 Å². The molecule has 4 heterocycles. The first kappa shape index (κ1) is 24.8. The van der Waals surface area contributed by atoms with E-state index in [1.54, 1.807) is 29.8 Å². The highest BCUT2D eigenvalue weighted by Gasteiger charge is 2.39. The van der Waals surface area contributed by atoms with Crippen molar-refractivity contribution in [3.63, 3.8) is 0 Å². The third-order valence-corrected chi connectivity index (χ3v) is 8.10. The molecule has 1 amide bonds. The summed E-state index contributed by atoms with van der Waals surface area (Å²) in [5, 5.41) is 3.36. The SMILES string of the molecule is C[C@]1(NC(=O)c2cc3c(cn2)c(-c2cncc(OC(F)F)c2)cn3-c2ccc(F)cc2)CCS(=O)(=O)C1. The molecule has 1 aliphatic heterocycles. The van der Waals surface area contributed by atoms with Gasteiger partial charge in [-0.2, -0.15) is 8.78 Å². The van der Waals surface area contributed by atoms with Gasteiger partial charge in [-0.25, -0.2) is 12.8 Å². The Kier molecular flexibility index (Phi) is 6.14. The lowest BCUT2D eigenvalue weighted by atomic mass is 10.0. The van der Waals surface area contributed by atoms with E-state index in [4.69, 9.17) is 0 Å². The fraction of sp³-hybridized carbons (Fsp3) is 0.240. The fourth-order valence-corrected chi connectivity index (χ4v) is 6.56. The Hall–Kier alpha value is -3.93. The second kappa shape index (κ2) is 9.18. The van der Waals surface area contributed by atoms with Crippen LogP contribution in [-0.2, 0) is 9.84 Å². The van der Waals surface area contributed by atoms with E-state index in [0.29, 0.717) is 34.1 Å². The van der Waals surface area contributed by atoms with Crippen molar-refractivity contribution in [2.75, 3.05) is 11.5 Å². The molecule has 12 heteroatoms. The summed E-state index contributed by atoms with van der Waals surface area (Å²) in [6, 6.07) is 8.63. The summed E-state index contributed by atoms with van der Waals surface area (Å²) in [5.41, 5.74) is 1.29. The molecule has 1 atom stereocenters. The molecular weight excluding hydrogens is 509 g/mol. The highest BCUT2D eigenvalue weighted by atomic mass is 32.2. The Morgan fingerprint density at radius 1 is 1.16 bits per heavy atom. The van der Waals surface area contributed by atoms with Crippen molar-refractivity contribution in [3.8, 4) is 22.6 Å². The van der Waals surface area contributed by atoms with E-state index in [-0.39, 0.29) is 22.9 Å². The Morgan fingerprint density at radius 2 is 1.92 bits per heavy atom. The molecule has 8 nitrogen and oxygen atoms in total. The lowest BCUT2D eigenvalue weighted by Gasteiger charge is -2.23. The summed E-state index contributed by atoms with van der Waals surface area (Å²) in [5.74, 6) is -1.26. The van der Waals surface area contributed by atoms with Crippen LogP contribution in [0.5, 0.6) is 5.75 Å². The van der Waals surface area contributed by atoms with Gasteiger partial charge in [-0.15, -0.1) is 0 Å². The number of hydrogen-bond donors (Lipinski definition) is 1. The van der Waals surface area contributed by atoms with E-state index >= 15 is 0 Å². The second-order valence-electron chi connectivity index (χ2n) is 9.12. The molecule has 1 saturated heterocycles. The third kappa shape index (κ3) is 5.15. The summed E-state index contributed by atoms with van der Waals surface area (Å²) >= 11 is 0. The van der Waals surface area contributed by atoms with Crippen LogP contribution in [0.2, 0.25) is 0 Å². The maximum absolute atomic E-state index is 13.6. The normalized spacial score (nSPS) is 18.8. The van der Waals surface area contributed by atoms with Crippen molar-refractivity contribution < 1.29 is 31.1 Å². The molecule has 0 saturated carbocycles. The van der Waals surface area contributed by atoms with E-state index in [1.807, 2.05) is 0 Å². The number of alkyl halides is 2. The Labute approximate surface area is 210 Å². The Balaban J connectivity index is 1.59. The molecule has 0 bridgehead atoms. The number of benzene rings is 1. The quantitative estimate of drug-likeness (QED) is 0.402. The molecule has 1 aromatic carbocycles. The van der Waals surface area contributed by atoms with Crippen LogP contribution in [0.15, 0.2) is 61.2 Å². The summed E-state index contributed by atoms with van der Waals surface area (Å²) in [4.78, 5) is 21.3. The molecule has 1 aliphatic rings. The zero-order chi connectivity index (χ0) is 26.4. The first-order valence-electron chi connectivity index (χ1n) is 11.2. The minimum absolute atomic E-state index is 0.00457. The number of aromatic nitrogens is 3. The van der Waals surface area contributed by atoms with Crippen molar-refractivity contribution in [2.45, 2.75) is 25.5 Å². The maximum Gasteiger partial charge on any atom is 0.387 e. The van der Waals surface area contributed by atoms with Crippen LogP contribution in [0.25, 0.3) is 27.7 Å². The monoisotopic (exact) mass is 530 g/mol. The number of nitrogens with zero attached hydrogens (tertiary/aromatic N) is 3. The highest BCUT2D eigenvalue weighted by Crippen LogP contribution is 2.34. The number of fused-ring (bicyclic) bond motifs is 1. The lowest BCUT2D eigenvalue weighted by molar-refractivity contribution is -0.0500. The van der Waals surface area contributed by atoms with Gasteiger partial charge in [0.25, 0.3) is 5.91 Å². The molecule has 0 spiro atoms. The van der Waals surface area contributed by atoms with Crippen molar-refractivity contribution in [2.24, 2.45) is 0 Å². The molecule has 0 aliphatic carbocycles. The van der Waals surface area contributed by atoms with Gasteiger partial charge in [0.1, 0.15) is 17.3 Å². The van der Waals surface area contributed by atoms with Crippen LogP contribution < -0.4 is 10.1 Å². The van der Waals surface area contributed by atoms with E-state index in [9.17, 15) is 26.4 Å². The smallest absolute Gasteiger partial charge is 0.387 e. The van der Waals surface area contributed by atoms with Crippen molar-refractivity contribution in [1.82, 2.24) is 19.9 Å². The molecule has 5 rings (SSSR count). The molecule has 4 aromatic rings. The predicted octanol–water partition coefficient (Wildman–Crippen LogP) is 4.14. The van der Waals surface area contributed by atoms with Gasteiger partial charge in [0.2, 0.25) is 0 Å². The summed E-state index contributed by atoms with van der Waals surface area (Å²) < 4.78 is 69.1. The molecule has 1 fully saturated rings. The van der Waals surface area contributed by atoms with Gasteiger partial charge in [-0.05, 0) is 49.7 Å². The Morgan fingerprint density at radius 3 is 2.59 bits per heavy atom. The molecule has 192 valence electrons. The number of halogens is 3. The second-order valence-corrected chi connectivity index (χ2v) is 11.3. The van der Waals surface area contributed by atoms with Crippen LogP contribution >= 0.6 is 0 Å². The predicted molar refractivity (Wildman–Crippen MR) is 130 cm³/mol. The minimum atomic E-state index is -3.23. The molecule has 3 aromatic heterocycles. The average molecular weight is 531 g/mol. The topological polar surface area (TPSA) is 103 Å². The molecular formula is C25H21F3N4O4S. The number of ether oxygens (including phenoxy) is 1. The van der Waals surface area contributed by atoms with Gasteiger partial charge in [0.15, 0.2) is 9.84 Å². The standard InChI is InChI=1S/C25H21F3N4O4S/c1-25(6-7-37(34,35)14-25)31-23(33)21-9-22-19(12-30-21)20(13-32(22)17-4-2-16(26)3-5-17)15-8-18(11-29-10-15)36-24(27)28/h2-5,8-13,24H,6-7,14H2,1H3,(H,31,33)/t25-/m0/s1. The molecule has 1 N–H and O–H groups in total. The zero-order valence-corrected chi connectivity index (χ0v) is 20.3. The third-order valence-electron chi connectivity index (χ3n) is 6.20. The van der Waals surface area contributed by atoms with Crippen LogP contribution in [0.3, 0.4) is 0 Å². The largest absolute Gasteiger partial charge is 0.433 e.